The number of likely N-dealkylation sites (tertiary alicyclic amines) is 1. The van der Waals surface area contributed by atoms with Crippen LogP contribution >= 0.6 is 11.6 Å². The van der Waals surface area contributed by atoms with Crippen LogP contribution in [0.2, 0.25) is 5.02 Å². The number of nitrogens with zero attached hydrogens (tertiary/aromatic N) is 2. The molecule has 0 saturated carbocycles. The van der Waals surface area contributed by atoms with Gasteiger partial charge in [-0.15, -0.1) is 0 Å². The zero-order valence-corrected chi connectivity index (χ0v) is 14.6. The van der Waals surface area contributed by atoms with Gasteiger partial charge < -0.3 is 9.26 Å². The van der Waals surface area contributed by atoms with Gasteiger partial charge in [0.05, 0.1) is 11.8 Å². The maximum atomic E-state index is 6.37. The second kappa shape index (κ2) is 7.04. The molecule has 0 bridgehead atoms. The van der Waals surface area contributed by atoms with E-state index in [4.69, 9.17) is 20.9 Å². The van der Waals surface area contributed by atoms with Crippen molar-refractivity contribution in [3.05, 3.63) is 51.9 Å². The molecule has 0 N–H and O–H groups in total. The molecular weight excluding hydrogens is 312 g/mol. The van der Waals surface area contributed by atoms with Crippen LogP contribution in [-0.4, -0.2) is 36.4 Å². The summed E-state index contributed by atoms with van der Waals surface area (Å²) in [6, 6.07) is 8.08. The Bertz CT molecular complexity index is 651. The van der Waals surface area contributed by atoms with Gasteiger partial charge in [-0.3, -0.25) is 4.90 Å². The Kier molecular flexibility index (Phi) is 5.05. The molecule has 1 saturated heterocycles. The van der Waals surface area contributed by atoms with E-state index in [9.17, 15) is 0 Å². The number of benzene rings is 1. The molecule has 3 rings (SSSR count). The van der Waals surface area contributed by atoms with Gasteiger partial charge >= 0.3 is 0 Å². The van der Waals surface area contributed by atoms with Gasteiger partial charge in [-0.2, -0.15) is 0 Å². The number of halogens is 1. The predicted molar refractivity (Wildman–Crippen MR) is 90.7 cm³/mol. The molecule has 1 aliphatic heterocycles. The van der Waals surface area contributed by atoms with Crippen LogP contribution in [0.4, 0.5) is 0 Å². The SMILES string of the molecule is CO[C@H]1CN(Cc2c(C)cccc2Cl)C[C@H]1Cc1cc(C)no1. The van der Waals surface area contributed by atoms with Crippen molar-refractivity contribution in [3.8, 4) is 0 Å². The first-order chi connectivity index (χ1) is 11.1. The summed E-state index contributed by atoms with van der Waals surface area (Å²) in [5.41, 5.74) is 3.37. The Morgan fingerprint density at radius 1 is 1.35 bits per heavy atom. The Hall–Kier alpha value is -1.36. The molecule has 0 aliphatic carbocycles. The third kappa shape index (κ3) is 3.77. The molecule has 1 aromatic carbocycles. The highest BCUT2D eigenvalue weighted by molar-refractivity contribution is 6.31. The third-order valence-electron chi connectivity index (χ3n) is 4.63. The normalized spacial score (nSPS) is 21.9. The predicted octanol–water partition coefficient (Wildman–Crippen LogP) is 3.63. The largest absolute Gasteiger partial charge is 0.380 e. The molecule has 23 heavy (non-hydrogen) atoms. The van der Waals surface area contributed by atoms with Gasteiger partial charge in [-0.1, -0.05) is 28.9 Å². The monoisotopic (exact) mass is 334 g/mol. The first-order valence-electron chi connectivity index (χ1n) is 7.98. The number of hydrogen-bond donors (Lipinski definition) is 0. The standard InChI is InChI=1S/C18H23ClN2O2/c1-12-5-4-6-17(19)16(12)10-21-9-14(18(11-21)22-3)8-15-7-13(2)20-23-15/h4-7,14,18H,8-11H2,1-3H3/t14-,18+/m1/s1. The Morgan fingerprint density at radius 2 is 2.17 bits per heavy atom. The van der Waals surface area contributed by atoms with Crippen molar-refractivity contribution in [1.82, 2.24) is 10.1 Å². The van der Waals surface area contributed by atoms with Gasteiger partial charge in [0.25, 0.3) is 0 Å². The highest BCUT2D eigenvalue weighted by atomic mass is 35.5. The maximum absolute atomic E-state index is 6.37. The van der Waals surface area contributed by atoms with E-state index in [0.29, 0.717) is 5.92 Å². The first kappa shape index (κ1) is 16.5. The fourth-order valence-electron chi connectivity index (χ4n) is 3.38. The highest BCUT2D eigenvalue weighted by Gasteiger charge is 2.34. The average molecular weight is 335 g/mol. The lowest BCUT2D eigenvalue weighted by Gasteiger charge is -2.18. The van der Waals surface area contributed by atoms with Crippen LogP contribution in [0.3, 0.4) is 0 Å². The number of rotatable bonds is 5. The molecule has 1 fully saturated rings. The Labute approximate surface area is 142 Å². The lowest BCUT2D eigenvalue weighted by Crippen LogP contribution is -2.23. The van der Waals surface area contributed by atoms with Crippen molar-refractivity contribution >= 4 is 11.6 Å². The molecule has 1 aliphatic rings. The van der Waals surface area contributed by atoms with Crippen molar-refractivity contribution in [2.75, 3.05) is 20.2 Å². The van der Waals surface area contributed by atoms with Crippen LogP contribution < -0.4 is 0 Å². The highest BCUT2D eigenvalue weighted by Crippen LogP contribution is 2.28. The van der Waals surface area contributed by atoms with Crippen molar-refractivity contribution < 1.29 is 9.26 Å². The van der Waals surface area contributed by atoms with E-state index in [1.54, 1.807) is 7.11 Å². The average Bonchev–Trinajstić information content (AvgIpc) is 3.09. The maximum Gasteiger partial charge on any atom is 0.137 e. The summed E-state index contributed by atoms with van der Waals surface area (Å²) in [6.07, 6.45) is 1.07. The lowest BCUT2D eigenvalue weighted by molar-refractivity contribution is 0.0761. The quantitative estimate of drug-likeness (QED) is 0.837. The first-order valence-corrected chi connectivity index (χ1v) is 8.36. The van der Waals surface area contributed by atoms with E-state index in [1.165, 1.54) is 11.1 Å². The van der Waals surface area contributed by atoms with E-state index < -0.39 is 0 Å². The van der Waals surface area contributed by atoms with E-state index in [0.717, 1.165) is 42.5 Å². The van der Waals surface area contributed by atoms with E-state index in [-0.39, 0.29) is 6.10 Å². The van der Waals surface area contributed by atoms with Crippen molar-refractivity contribution in [3.63, 3.8) is 0 Å². The third-order valence-corrected chi connectivity index (χ3v) is 4.99. The fraction of sp³-hybridized carbons (Fsp3) is 0.500. The minimum Gasteiger partial charge on any atom is -0.380 e. The fourth-order valence-corrected chi connectivity index (χ4v) is 3.66. The van der Waals surface area contributed by atoms with Crippen molar-refractivity contribution in [2.45, 2.75) is 32.9 Å². The second-order valence-corrected chi connectivity index (χ2v) is 6.81. The van der Waals surface area contributed by atoms with Gasteiger partial charge in [0.1, 0.15) is 5.76 Å². The Balaban J connectivity index is 1.69. The number of ether oxygens (including phenoxy) is 1. The minimum absolute atomic E-state index is 0.211. The molecule has 4 nitrogen and oxygen atoms in total. The van der Waals surface area contributed by atoms with Gasteiger partial charge in [-0.25, -0.2) is 0 Å². The zero-order chi connectivity index (χ0) is 16.4. The molecule has 124 valence electrons. The topological polar surface area (TPSA) is 38.5 Å². The zero-order valence-electron chi connectivity index (χ0n) is 13.9. The summed E-state index contributed by atoms with van der Waals surface area (Å²) in [5.74, 6) is 1.35. The number of aryl methyl sites for hydroxylation is 2. The molecule has 1 aromatic heterocycles. The van der Waals surface area contributed by atoms with E-state index in [1.807, 2.05) is 25.1 Å². The molecule has 2 aromatic rings. The molecule has 5 heteroatoms. The smallest absolute Gasteiger partial charge is 0.137 e. The van der Waals surface area contributed by atoms with E-state index in [2.05, 4.69) is 23.0 Å². The van der Waals surface area contributed by atoms with Crippen LogP contribution in [-0.2, 0) is 17.7 Å². The Morgan fingerprint density at radius 3 is 2.83 bits per heavy atom. The van der Waals surface area contributed by atoms with Crippen molar-refractivity contribution in [2.24, 2.45) is 5.92 Å². The summed E-state index contributed by atoms with van der Waals surface area (Å²) < 4.78 is 11.1. The van der Waals surface area contributed by atoms with Gasteiger partial charge in [0.2, 0.25) is 0 Å². The molecular formula is C18H23ClN2O2. The van der Waals surface area contributed by atoms with Crippen LogP contribution in [0, 0.1) is 19.8 Å². The van der Waals surface area contributed by atoms with Crippen LogP contribution in [0.1, 0.15) is 22.6 Å². The molecule has 2 heterocycles. The number of aromatic nitrogens is 1. The van der Waals surface area contributed by atoms with Gasteiger partial charge in [-0.05, 0) is 31.0 Å². The van der Waals surface area contributed by atoms with Crippen LogP contribution in [0.5, 0.6) is 0 Å². The molecule has 0 amide bonds. The lowest BCUT2D eigenvalue weighted by atomic mass is 10.0. The summed E-state index contributed by atoms with van der Waals surface area (Å²) in [7, 11) is 1.79. The van der Waals surface area contributed by atoms with Gasteiger partial charge in [0, 0.05) is 50.2 Å². The minimum atomic E-state index is 0.211. The van der Waals surface area contributed by atoms with Gasteiger partial charge in [0.15, 0.2) is 0 Å². The molecule has 2 atom stereocenters. The summed E-state index contributed by atoms with van der Waals surface area (Å²) in [4.78, 5) is 2.41. The van der Waals surface area contributed by atoms with Crippen molar-refractivity contribution in [1.29, 1.82) is 0 Å². The summed E-state index contributed by atoms with van der Waals surface area (Å²) in [5, 5.41) is 4.81. The molecule has 0 radical (unpaired) electrons. The second-order valence-electron chi connectivity index (χ2n) is 6.40. The van der Waals surface area contributed by atoms with Crippen LogP contribution in [0.25, 0.3) is 0 Å². The number of methoxy groups -OCH3 is 1. The van der Waals surface area contributed by atoms with E-state index >= 15 is 0 Å². The summed E-state index contributed by atoms with van der Waals surface area (Å²) >= 11 is 6.37. The molecule has 0 unspecified atom stereocenters. The summed E-state index contributed by atoms with van der Waals surface area (Å²) in [6.45, 7) is 6.81. The number of hydrogen-bond acceptors (Lipinski definition) is 4. The molecule has 0 spiro atoms. The van der Waals surface area contributed by atoms with Crippen LogP contribution in [0.15, 0.2) is 28.8 Å².